The van der Waals surface area contributed by atoms with Crippen LogP contribution in [0.2, 0.25) is 5.02 Å². The maximum absolute atomic E-state index is 12.9. The van der Waals surface area contributed by atoms with Gasteiger partial charge in [0.25, 0.3) is 5.91 Å². The molecule has 0 spiro atoms. The topological polar surface area (TPSA) is 68.5 Å². The predicted molar refractivity (Wildman–Crippen MR) is 122 cm³/mol. The van der Waals surface area contributed by atoms with Crippen LogP contribution >= 0.6 is 11.6 Å². The highest BCUT2D eigenvalue weighted by molar-refractivity contribution is 6.31. The van der Waals surface area contributed by atoms with Crippen LogP contribution < -0.4 is 4.74 Å². The van der Waals surface area contributed by atoms with Gasteiger partial charge in [-0.1, -0.05) is 65.3 Å². The van der Waals surface area contributed by atoms with Gasteiger partial charge in [0, 0.05) is 28.8 Å². The van der Waals surface area contributed by atoms with Crippen LogP contribution in [-0.4, -0.2) is 28.0 Å². The summed E-state index contributed by atoms with van der Waals surface area (Å²) in [6.07, 6.45) is 0. The smallest absolute Gasteiger partial charge is 0.254 e. The molecule has 1 amide bonds. The molecule has 1 heterocycles. The Hall–Kier alpha value is -3.64. The number of hydrogen-bond acceptors (Lipinski definition) is 5. The van der Waals surface area contributed by atoms with Gasteiger partial charge in [-0.2, -0.15) is 4.98 Å². The van der Waals surface area contributed by atoms with Gasteiger partial charge in [-0.15, -0.1) is 0 Å². The van der Waals surface area contributed by atoms with Gasteiger partial charge in [0.2, 0.25) is 11.7 Å². The molecule has 1 aromatic heterocycles. The number of nitrogens with zero attached hydrogens (tertiary/aromatic N) is 3. The summed E-state index contributed by atoms with van der Waals surface area (Å²) in [4.78, 5) is 18.9. The summed E-state index contributed by atoms with van der Waals surface area (Å²) in [7, 11) is 1.69. The SMILES string of the molecule is Cc1ccccc1-c1noc(CN(C)C(=O)c2cccc(OCc3ccccc3Cl)c2)n1. The van der Waals surface area contributed by atoms with Crippen molar-refractivity contribution in [2.75, 3.05) is 7.05 Å². The molecule has 0 saturated carbocycles. The number of ether oxygens (including phenoxy) is 1. The molecule has 32 heavy (non-hydrogen) atoms. The van der Waals surface area contributed by atoms with Gasteiger partial charge < -0.3 is 14.2 Å². The fraction of sp³-hybridized carbons (Fsp3) is 0.160. The second-order valence-electron chi connectivity index (χ2n) is 7.40. The molecule has 0 radical (unpaired) electrons. The summed E-state index contributed by atoms with van der Waals surface area (Å²) >= 11 is 6.18. The van der Waals surface area contributed by atoms with Gasteiger partial charge >= 0.3 is 0 Å². The van der Waals surface area contributed by atoms with Crippen molar-refractivity contribution in [2.45, 2.75) is 20.1 Å². The van der Waals surface area contributed by atoms with Crippen molar-refractivity contribution in [2.24, 2.45) is 0 Å². The van der Waals surface area contributed by atoms with Crippen LogP contribution in [0.5, 0.6) is 5.75 Å². The summed E-state index contributed by atoms with van der Waals surface area (Å²) < 4.78 is 11.2. The minimum absolute atomic E-state index is 0.177. The first-order valence-corrected chi connectivity index (χ1v) is 10.5. The number of halogens is 1. The van der Waals surface area contributed by atoms with Crippen LogP contribution in [-0.2, 0) is 13.2 Å². The molecule has 162 valence electrons. The van der Waals surface area contributed by atoms with E-state index in [0.29, 0.717) is 34.7 Å². The number of carbonyl (C=O) groups is 1. The van der Waals surface area contributed by atoms with Crippen LogP contribution in [0.4, 0.5) is 0 Å². The normalized spacial score (nSPS) is 10.7. The average Bonchev–Trinajstić information content (AvgIpc) is 3.26. The number of aromatic nitrogens is 2. The number of aryl methyl sites for hydroxylation is 1. The standard InChI is InChI=1S/C25H22ClN3O3/c1-17-8-3-5-12-21(17)24-27-23(32-28-24)15-29(2)25(30)18-10-7-11-20(14-18)31-16-19-9-4-6-13-22(19)26/h3-14H,15-16H2,1-2H3. The molecule has 4 aromatic rings. The molecular weight excluding hydrogens is 426 g/mol. The van der Waals surface area contributed by atoms with E-state index in [9.17, 15) is 4.79 Å². The minimum Gasteiger partial charge on any atom is -0.489 e. The van der Waals surface area contributed by atoms with Crippen LogP contribution in [0.1, 0.15) is 27.4 Å². The zero-order valence-corrected chi connectivity index (χ0v) is 18.5. The van der Waals surface area contributed by atoms with Crippen LogP contribution in [0.3, 0.4) is 0 Å². The van der Waals surface area contributed by atoms with Gasteiger partial charge in [-0.25, -0.2) is 0 Å². The van der Waals surface area contributed by atoms with E-state index in [0.717, 1.165) is 16.7 Å². The van der Waals surface area contributed by atoms with Crippen molar-refractivity contribution in [3.63, 3.8) is 0 Å². The number of benzene rings is 3. The highest BCUT2D eigenvalue weighted by atomic mass is 35.5. The van der Waals surface area contributed by atoms with E-state index < -0.39 is 0 Å². The fourth-order valence-electron chi connectivity index (χ4n) is 3.24. The van der Waals surface area contributed by atoms with Gasteiger partial charge in [-0.05, 0) is 36.8 Å². The van der Waals surface area contributed by atoms with Crippen molar-refractivity contribution in [1.29, 1.82) is 0 Å². The maximum atomic E-state index is 12.9. The minimum atomic E-state index is -0.177. The third kappa shape index (κ3) is 4.98. The molecule has 0 unspecified atom stereocenters. The highest BCUT2D eigenvalue weighted by Gasteiger charge is 2.17. The Bertz CT molecular complexity index is 1240. The largest absolute Gasteiger partial charge is 0.489 e. The second-order valence-corrected chi connectivity index (χ2v) is 7.80. The predicted octanol–water partition coefficient (Wildman–Crippen LogP) is 5.55. The summed E-state index contributed by atoms with van der Waals surface area (Å²) in [5, 5.41) is 4.69. The summed E-state index contributed by atoms with van der Waals surface area (Å²) in [6, 6.07) is 22.3. The van der Waals surface area contributed by atoms with E-state index >= 15 is 0 Å². The summed E-state index contributed by atoms with van der Waals surface area (Å²) in [5.74, 6) is 1.28. The summed E-state index contributed by atoms with van der Waals surface area (Å²) in [6.45, 7) is 2.50. The number of rotatable bonds is 7. The Morgan fingerprint density at radius 3 is 2.66 bits per heavy atom. The van der Waals surface area contributed by atoms with Gasteiger partial charge in [0.05, 0.1) is 6.54 Å². The third-order valence-corrected chi connectivity index (χ3v) is 5.38. The van der Waals surface area contributed by atoms with Crippen molar-refractivity contribution >= 4 is 17.5 Å². The lowest BCUT2D eigenvalue weighted by atomic mass is 10.1. The average molecular weight is 448 g/mol. The maximum Gasteiger partial charge on any atom is 0.254 e. The van der Waals surface area contributed by atoms with E-state index in [1.54, 1.807) is 31.3 Å². The second kappa shape index (κ2) is 9.66. The molecule has 6 nitrogen and oxygen atoms in total. The molecule has 7 heteroatoms. The van der Waals surface area contributed by atoms with E-state index in [1.165, 1.54) is 4.90 Å². The number of hydrogen-bond donors (Lipinski definition) is 0. The molecule has 3 aromatic carbocycles. The molecule has 0 atom stereocenters. The molecule has 0 fully saturated rings. The van der Waals surface area contributed by atoms with E-state index in [1.807, 2.05) is 55.5 Å². The molecular formula is C25H22ClN3O3. The van der Waals surface area contributed by atoms with Crippen molar-refractivity contribution in [1.82, 2.24) is 15.0 Å². The van der Waals surface area contributed by atoms with E-state index in [2.05, 4.69) is 10.1 Å². The Labute approximate surface area is 191 Å². The van der Waals surface area contributed by atoms with E-state index in [-0.39, 0.29) is 12.5 Å². The molecule has 0 aliphatic carbocycles. The summed E-state index contributed by atoms with van der Waals surface area (Å²) in [5.41, 5.74) is 3.34. The van der Waals surface area contributed by atoms with E-state index in [4.69, 9.17) is 20.9 Å². The first-order valence-electron chi connectivity index (χ1n) is 10.1. The van der Waals surface area contributed by atoms with Crippen molar-refractivity contribution in [3.8, 4) is 17.1 Å². The quantitative estimate of drug-likeness (QED) is 0.371. The molecule has 0 aliphatic heterocycles. The number of amides is 1. The highest BCUT2D eigenvalue weighted by Crippen LogP contribution is 2.22. The van der Waals surface area contributed by atoms with Crippen LogP contribution in [0.25, 0.3) is 11.4 Å². The Morgan fingerprint density at radius 2 is 1.84 bits per heavy atom. The fourth-order valence-corrected chi connectivity index (χ4v) is 3.43. The Morgan fingerprint density at radius 1 is 1.06 bits per heavy atom. The first-order chi connectivity index (χ1) is 15.5. The van der Waals surface area contributed by atoms with Crippen molar-refractivity contribution < 1.29 is 14.1 Å². The van der Waals surface area contributed by atoms with Crippen LogP contribution in [0, 0.1) is 6.92 Å². The molecule has 0 aliphatic rings. The third-order valence-electron chi connectivity index (χ3n) is 5.01. The van der Waals surface area contributed by atoms with Gasteiger partial charge in [-0.3, -0.25) is 4.79 Å². The molecule has 4 rings (SSSR count). The Kier molecular flexibility index (Phi) is 6.52. The Balaban J connectivity index is 1.41. The zero-order chi connectivity index (χ0) is 22.5. The molecule has 0 saturated heterocycles. The monoisotopic (exact) mass is 447 g/mol. The van der Waals surface area contributed by atoms with Gasteiger partial charge in [0.1, 0.15) is 12.4 Å². The van der Waals surface area contributed by atoms with Gasteiger partial charge in [0.15, 0.2) is 0 Å². The zero-order valence-electron chi connectivity index (χ0n) is 17.8. The molecule has 0 N–H and O–H groups in total. The molecule has 0 bridgehead atoms. The van der Waals surface area contributed by atoms with Crippen LogP contribution in [0.15, 0.2) is 77.3 Å². The lowest BCUT2D eigenvalue weighted by Crippen LogP contribution is -2.26. The first kappa shape index (κ1) is 21.6. The lowest BCUT2D eigenvalue weighted by Gasteiger charge is -2.15. The number of carbonyl (C=O) groups excluding carboxylic acids is 1. The lowest BCUT2D eigenvalue weighted by molar-refractivity contribution is 0.0769. The van der Waals surface area contributed by atoms with Crippen molar-refractivity contribution in [3.05, 3.63) is 100 Å².